The minimum absolute atomic E-state index is 0.592. The zero-order chi connectivity index (χ0) is 11.4. The molecule has 0 aromatic carbocycles. The number of methoxy groups -OCH3 is 1. The second-order valence-corrected chi connectivity index (χ2v) is 5.78. The predicted octanol–water partition coefficient (Wildman–Crippen LogP) is 2.83. The van der Waals surface area contributed by atoms with Gasteiger partial charge in [-0.2, -0.15) is 0 Å². The molecule has 2 aliphatic rings. The molecular formula is C14H27NO. The van der Waals surface area contributed by atoms with Crippen LogP contribution in [-0.2, 0) is 4.74 Å². The zero-order valence-corrected chi connectivity index (χ0v) is 10.9. The molecule has 2 aliphatic carbocycles. The largest absolute Gasteiger partial charge is 0.383 e. The van der Waals surface area contributed by atoms with Crippen LogP contribution in [-0.4, -0.2) is 26.3 Å². The number of fused-ring (bicyclic) bond motifs is 2. The summed E-state index contributed by atoms with van der Waals surface area (Å²) in [5.74, 6) is 3.11. The third-order valence-electron chi connectivity index (χ3n) is 4.52. The van der Waals surface area contributed by atoms with E-state index in [9.17, 15) is 0 Å². The summed E-state index contributed by atoms with van der Waals surface area (Å²) < 4.78 is 5.33. The first-order chi connectivity index (χ1) is 7.83. The van der Waals surface area contributed by atoms with Gasteiger partial charge in [0, 0.05) is 13.2 Å². The van der Waals surface area contributed by atoms with Crippen molar-refractivity contribution in [2.75, 3.05) is 20.3 Å². The van der Waals surface area contributed by atoms with Crippen LogP contribution in [0.5, 0.6) is 0 Å². The summed E-state index contributed by atoms with van der Waals surface area (Å²) in [6.07, 6.45) is 8.60. The molecule has 0 aromatic heterocycles. The highest BCUT2D eigenvalue weighted by molar-refractivity contribution is 4.91. The lowest BCUT2D eigenvalue weighted by molar-refractivity contribution is 0.145. The molecule has 94 valence electrons. The highest BCUT2D eigenvalue weighted by atomic mass is 16.5. The molecule has 0 aromatic rings. The van der Waals surface area contributed by atoms with Gasteiger partial charge in [-0.1, -0.05) is 13.3 Å². The van der Waals surface area contributed by atoms with Crippen LogP contribution in [0.1, 0.15) is 45.4 Å². The lowest BCUT2D eigenvalue weighted by Gasteiger charge is -2.27. The van der Waals surface area contributed by atoms with E-state index in [0.29, 0.717) is 6.04 Å². The van der Waals surface area contributed by atoms with Crippen molar-refractivity contribution in [2.24, 2.45) is 17.8 Å². The van der Waals surface area contributed by atoms with Crippen molar-refractivity contribution < 1.29 is 4.74 Å². The highest BCUT2D eigenvalue weighted by Crippen LogP contribution is 2.49. The molecule has 2 fully saturated rings. The molecule has 2 nitrogen and oxygen atoms in total. The van der Waals surface area contributed by atoms with E-state index in [-0.39, 0.29) is 0 Å². The summed E-state index contributed by atoms with van der Waals surface area (Å²) >= 11 is 0. The summed E-state index contributed by atoms with van der Waals surface area (Å²) in [5.41, 5.74) is 0. The van der Waals surface area contributed by atoms with E-state index in [2.05, 4.69) is 12.2 Å². The van der Waals surface area contributed by atoms with Crippen molar-refractivity contribution >= 4 is 0 Å². The van der Waals surface area contributed by atoms with Gasteiger partial charge in [0.25, 0.3) is 0 Å². The van der Waals surface area contributed by atoms with Gasteiger partial charge in [0.1, 0.15) is 0 Å². The first-order valence-electron chi connectivity index (χ1n) is 7.05. The van der Waals surface area contributed by atoms with Crippen LogP contribution in [0.4, 0.5) is 0 Å². The van der Waals surface area contributed by atoms with Crippen LogP contribution >= 0.6 is 0 Å². The van der Waals surface area contributed by atoms with Crippen LogP contribution in [0.2, 0.25) is 0 Å². The topological polar surface area (TPSA) is 21.3 Å². The Hall–Kier alpha value is -0.0800. The van der Waals surface area contributed by atoms with Crippen molar-refractivity contribution in [2.45, 2.75) is 51.5 Å². The van der Waals surface area contributed by atoms with Crippen LogP contribution in [0.15, 0.2) is 0 Å². The van der Waals surface area contributed by atoms with Crippen LogP contribution in [0, 0.1) is 17.8 Å². The molecule has 0 radical (unpaired) electrons. The predicted molar refractivity (Wildman–Crippen MR) is 67.5 cm³/mol. The molecule has 2 rings (SSSR count). The van der Waals surface area contributed by atoms with E-state index in [0.717, 1.165) is 30.9 Å². The molecule has 0 saturated heterocycles. The normalized spacial score (nSPS) is 34.5. The molecule has 4 unspecified atom stereocenters. The molecule has 2 bridgehead atoms. The second kappa shape index (κ2) is 6.02. The second-order valence-electron chi connectivity index (χ2n) is 5.78. The third kappa shape index (κ3) is 2.98. The monoisotopic (exact) mass is 225 g/mol. The average molecular weight is 225 g/mol. The summed E-state index contributed by atoms with van der Waals surface area (Å²) in [6, 6.07) is 0.592. The maximum atomic E-state index is 5.33. The number of hydrogen-bond acceptors (Lipinski definition) is 2. The minimum Gasteiger partial charge on any atom is -0.383 e. The molecule has 0 amide bonds. The first kappa shape index (κ1) is 12.4. The van der Waals surface area contributed by atoms with Crippen LogP contribution < -0.4 is 5.32 Å². The van der Waals surface area contributed by atoms with Crippen molar-refractivity contribution in [1.29, 1.82) is 0 Å². The first-order valence-corrected chi connectivity index (χ1v) is 7.05. The summed E-state index contributed by atoms with van der Waals surface area (Å²) in [6.45, 7) is 4.25. The summed E-state index contributed by atoms with van der Waals surface area (Å²) in [4.78, 5) is 0. The van der Waals surface area contributed by atoms with E-state index in [1.54, 1.807) is 0 Å². The van der Waals surface area contributed by atoms with Crippen LogP contribution in [0.3, 0.4) is 0 Å². The molecule has 1 N–H and O–H groups in total. The number of hydrogen-bond donors (Lipinski definition) is 1. The smallest absolute Gasteiger partial charge is 0.0615 e. The lowest BCUT2D eigenvalue weighted by atomic mass is 9.84. The van der Waals surface area contributed by atoms with E-state index in [1.165, 1.54) is 38.5 Å². The third-order valence-corrected chi connectivity index (χ3v) is 4.52. The van der Waals surface area contributed by atoms with Crippen LogP contribution in [0.25, 0.3) is 0 Å². The Morgan fingerprint density at radius 2 is 2.19 bits per heavy atom. The zero-order valence-electron chi connectivity index (χ0n) is 10.9. The van der Waals surface area contributed by atoms with Gasteiger partial charge in [-0.05, 0) is 56.4 Å². The quantitative estimate of drug-likeness (QED) is 0.719. The number of ether oxygens (including phenoxy) is 1. The van der Waals surface area contributed by atoms with E-state index in [1.807, 2.05) is 7.11 Å². The maximum Gasteiger partial charge on any atom is 0.0615 e. The molecule has 4 atom stereocenters. The van der Waals surface area contributed by atoms with Crippen molar-refractivity contribution in [1.82, 2.24) is 5.32 Å². The van der Waals surface area contributed by atoms with Crippen molar-refractivity contribution in [3.63, 3.8) is 0 Å². The van der Waals surface area contributed by atoms with Gasteiger partial charge in [0.05, 0.1) is 6.61 Å². The Kier molecular flexibility index (Phi) is 4.66. The molecule has 0 aliphatic heterocycles. The Balaban J connectivity index is 1.76. The van der Waals surface area contributed by atoms with E-state index >= 15 is 0 Å². The maximum absolute atomic E-state index is 5.33. The lowest BCUT2D eigenvalue weighted by Crippen LogP contribution is -2.36. The molecule has 2 heteroatoms. The Labute approximate surface area is 100 Å². The fourth-order valence-electron chi connectivity index (χ4n) is 3.79. The number of nitrogens with one attached hydrogen (secondary N) is 1. The molecule has 16 heavy (non-hydrogen) atoms. The van der Waals surface area contributed by atoms with Gasteiger partial charge in [0.2, 0.25) is 0 Å². The Bertz CT molecular complexity index is 207. The summed E-state index contributed by atoms with van der Waals surface area (Å²) in [5, 5.41) is 3.63. The SMILES string of the molecule is CCCNC(COC)CC1CC2CCC1C2. The Morgan fingerprint density at radius 1 is 1.31 bits per heavy atom. The van der Waals surface area contributed by atoms with Crippen molar-refractivity contribution in [3.05, 3.63) is 0 Å². The molecular weight excluding hydrogens is 198 g/mol. The molecule has 2 saturated carbocycles. The molecule has 0 heterocycles. The standard InChI is InChI=1S/C14H27NO/c1-3-6-15-14(10-16-2)9-13-8-11-4-5-12(13)7-11/h11-15H,3-10H2,1-2H3. The highest BCUT2D eigenvalue weighted by Gasteiger charge is 2.39. The van der Waals surface area contributed by atoms with Gasteiger partial charge in [0.15, 0.2) is 0 Å². The van der Waals surface area contributed by atoms with Gasteiger partial charge < -0.3 is 10.1 Å². The van der Waals surface area contributed by atoms with Crippen molar-refractivity contribution in [3.8, 4) is 0 Å². The average Bonchev–Trinajstić information content (AvgIpc) is 2.88. The Morgan fingerprint density at radius 3 is 2.75 bits per heavy atom. The fraction of sp³-hybridized carbons (Fsp3) is 1.00. The fourth-order valence-corrected chi connectivity index (χ4v) is 3.79. The van der Waals surface area contributed by atoms with Gasteiger partial charge in [-0.25, -0.2) is 0 Å². The van der Waals surface area contributed by atoms with Gasteiger partial charge in [-0.3, -0.25) is 0 Å². The van der Waals surface area contributed by atoms with E-state index < -0.39 is 0 Å². The van der Waals surface area contributed by atoms with Gasteiger partial charge >= 0.3 is 0 Å². The number of rotatable bonds is 7. The summed E-state index contributed by atoms with van der Waals surface area (Å²) in [7, 11) is 1.82. The molecule has 0 spiro atoms. The minimum atomic E-state index is 0.592. The van der Waals surface area contributed by atoms with Gasteiger partial charge in [-0.15, -0.1) is 0 Å². The van der Waals surface area contributed by atoms with E-state index in [4.69, 9.17) is 4.74 Å².